The summed E-state index contributed by atoms with van der Waals surface area (Å²) in [6, 6.07) is 4.49. The van der Waals surface area contributed by atoms with Crippen LogP contribution in [-0.2, 0) is 9.84 Å². The van der Waals surface area contributed by atoms with Gasteiger partial charge in [0.2, 0.25) is 9.84 Å². The molecule has 0 aliphatic carbocycles. The summed E-state index contributed by atoms with van der Waals surface area (Å²) in [5.41, 5.74) is 0. The summed E-state index contributed by atoms with van der Waals surface area (Å²) in [5.74, 6) is 0.782. The fraction of sp³-hybridized carbons (Fsp3) is 0.200. The molecule has 0 aromatic heterocycles. The van der Waals surface area contributed by atoms with Crippen LogP contribution in [0.2, 0.25) is 0 Å². The second-order valence-corrected chi connectivity index (χ2v) is 4.59. The van der Waals surface area contributed by atoms with Gasteiger partial charge in [-0.1, -0.05) is 6.58 Å². The maximum absolute atomic E-state index is 11.5. The van der Waals surface area contributed by atoms with E-state index in [9.17, 15) is 8.42 Å². The molecule has 0 amide bonds. The largest absolute Gasteiger partial charge is 0.497 e. The normalized spacial score (nSPS) is 10.8. The van der Waals surface area contributed by atoms with Crippen molar-refractivity contribution in [3.05, 3.63) is 30.2 Å². The van der Waals surface area contributed by atoms with E-state index in [2.05, 4.69) is 6.58 Å². The van der Waals surface area contributed by atoms with Crippen LogP contribution in [0.5, 0.6) is 11.5 Å². The first kappa shape index (κ1) is 11.6. The van der Waals surface area contributed by atoms with Crippen LogP contribution in [0.25, 0.3) is 0 Å². The molecule has 1 rings (SSSR count). The van der Waals surface area contributed by atoms with Crippen LogP contribution < -0.4 is 9.47 Å². The third kappa shape index (κ3) is 2.30. The Morgan fingerprint density at radius 3 is 2.40 bits per heavy atom. The van der Waals surface area contributed by atoms with Crippen LogP contribution in [-0.4, -0.2) is 22.6 Å². The number of hydrogen-bond donors (Lipinski definition) is 0. The Bertz CT molecular complexity index is 462. The molecule has 4 nitrogen and oxygen atoms in total. The average molecular weight is 228 g/mol. The van der Waals surface area contributed by atoms with Gasteiger partial charge in [-0.3, -0.25) is 0 Å². The van der Waals surface area contributed by atoms with E-state index in [1.165, 1.54) is 26.4 Å². The highest BCUT2D eigenvalue weighted by atomic mass is 32.2. The van der Waals surface area contributed by atoms with Crippen molar-refractivity contribution in [1.82, 2.24) is 0 Å². The van der Waals surface area contributed by atoms with Crippen molar-refractivity contribution in [1.29, 1.82) is 0 Å². The summed E-state index contributed by atoms with van der Waals surface area (Å²) in [4.78, 5) is 0.0841. The molecule has 0 radical (unpaired) electrons. The molecule has 0 atom stereocenters. The fourth-order valence-electron chi connectivity index (χ4n) is 1.10. The topological polar surface area (TPSA) is 52.6 Å². The van der Waals surface area contributed by atoms with Gasteiger partial charge < -0.3 is 9.47 Å². The molecular weight excluding hydrogens is 216 g/mol. The third-order valence-electron chi connectivity index (χ3n) is 1.90. The van der Waals surface area contributed by atoms with Crippen molar-refractivity contribution in [2.24, 2.45) is 0 Å². The van der Waals surface area contributed by atoms with E-state index in [1.807, 2.05) is 0 Å². The van der Waals surface area contributed by atoms with Crippen molar-refractivity contribution >= 4 is 9.84 Å². The monoisotopic (exact) mass is 228 g/mol. The van der Waals surface area contributed by atoms with Crippen molar-refractivity contribution in [2.45, 2.75) is 4.90 Å². The van der Waals surface area contributed by atoms with Crippen molar-refractivity contribution < 1.29 is 17.9 Å². The number of sulfone groups is 1. The Morgan fingerprint density at radius 2 is 1.93 bits per heavy atom. The van der Waals surface area contributed by atoms with Gasteiger partial charge in [0.15, 0.2) is 0 Å². The summed E-state index contributed by atoms with van der Waals surface area (Å²) in [6.07, 6.45) is 0. The predicted molar refractivity (Wildman–Crippen MR) is 56.9 cm³/mol. The molecule has 0 spiro atoms. The van der Waals surface area contributed by atoms with Gasteiger partial charge in [-0.25, -0.2) is 8.42 Å². The second-order valence-electron chi connectivity index (χ2n) is 2.73. The van der Waals surface area contributed by atoms with Crippen LogP contribution in [0.1, 0.15) is 0 Å². The first-order valence-corrected chi connectivity index (χ1v) is 5.69. The molecule has 5 heteroatoms. The van der Waals surface area contributed by atoms with E-state index in [1.54, 1.807) is 6.07 Å². The summed E-state index contributed by atoms with van der Waals surface area (Å²) < 4.78 is 33.0. The van der Waals surface area contributed by atoms with Crippen molar-refractivity contribution in [2.75, 3.05) is 14.2 Å². The highest BCUT2D eigenvalue weighted by Gasteiger charge is 2.16. The maximum atomic E-state index is 11.5. The minimum atomic E-state index is -3.48. The van der Waals surface area contributed by atoms with Crippen LogP contribution in [0.4, 0.5) is 0 Å². The number of ether oxygens (including phenoxy) is 2. The molecule has 0 heterocycles. The molecule has 1 aromatic rings. The summed E-state index contributed by atoms with van der Waals surface area (Å²) >= 11 is 0. The van der Waals surface area contributed by atoms with Gasteiger partial charge >= 0.3 is 0 Å². The van der Waals surface area contributed by atoms with E-state index in [4.69, 9.17) is 9.47 Å². The quantitative estimate of drug-likeness (QED) is 0.785. The lowest BCUT2D eigenvalue weighted by molar-refractivity contribution is 0.386. The fourth-order valence-corrected chi connectivity index (χ4v) is 1.96. The molecule has 0 bridgehead atoms. The molecule has 0 saturated carbocycles. The van der Waals surface area contributed by atoms with Crippen LogP contribution in [0.3, 0.4) is 0 Å². The van der Waals surface area contributed by atoms with E-state index >= 15 is 0 Å². The SMILES string of the molecule is C=CS(=O)(=O)c1ccc(OC)cc1OC. The summed E-state index contributed by atoms with van der Waals surface area (Å²) in [6.45, 7) is 3.25. The van der Waals surface area contributed by atoms with E-state index < -0.39 is 9.84 Å². The molecule has 0 N–H and O–H groups in total. The zero-order valence-corrected chi connectivity index (χ0v) is 9.37. The molecular formula is C10H12O4S. The number of methoxy groups -OCH3 is 2. The zero-order chi connectivity index (χ0) is 11.5. The predicted octanol–water partition coefficient (Wildman–Crippen LogP) is 1.62. The summed E-state index contributed by atoms with van der Waals surface area (Å²) in [7, 11) is -0.586. The highest BCUT2D eigenvalue weighted by Crippen LogP contribution is 2.29. The molecule has 0 fully saturated rings. The smallest absolute Gasteiger partial charge is 0.202 e. The Hall–Kier alpha value is -1.49. The second kappa shape index (κ2) is 4.35. The molecule has 0 saturated heterocycles. The third-order valence-corrected chi connectivity index (χ3v) is 3.29. The number of benzene rings is 1. The Morgan fingerprint density at radius 1 is 1.27 bits per heavy atom. The lowest BCUT2D eigenvalue weighted by Crippen LogP contribution is -1.99. The molecule has 82 valence electrons. The van der Waals surface area contributed by atoms with Crippen molar-refractivity contribution in [3.63, 3.8) is 0 Å². The lowest BCUT2D eigenvalue weighted by Gasteiger charge is -2.08. The van der Waals surface area contributed by atoms with Gasteiger partial charge in [0, 0.05) is 11.5 Å². The highest BCUT2D eigenvalue weighted by molar-refractivity contribution is 7.94. The minimum absolute atomic E-state index is 0.0841. The zero-order valence-electron chi connectivity index (χ0n) is 8.56. The van der Waals surface area contributed by atoms with Gasteiger partial charge in [-0.2, -0.15) is 0 Å². The molecule has 1 aromatic carbocycles. The Kier molecular flexibility index (Phi) is 3.36. The van der Waals surface area contributed by atoms with E-state index in [-0.39, 0.29) is 10.6 Å². The van der Waals surface area contributed by atoms with Gasteiger partial charge in [0.25, 0.3) is 0 Å². The standard InChI is InChI=1S/C10H12O4S/c1-4-15(11,12)10-6-5-8(13-2)7-9(10)14-3/h4-7H,1H2,2-3H3. The van der Waals surface area contributed by atoms with Gasteiger partial charge in [0.05, 0.1) is 14.2 Å². The van der Waals surface area contributed by atoms with Gasteiger partial charge in [0.1, 0.15) is 16.4 Å². The van der Waals surface area contributed by atoms with E-state index in [0.717, 1.165) is 5.41 Å². The maximum Gasteiger partial charge on any atom is 0.202 e. The number of hydrogen-bond acceptors (Lipinski definition) is 4. The van der Waals surface area contributed by atoms with Crippen LogP contribution in [0, 0.1) is 0 Å². The Balaban J connectivity index is 3.38. The molecule has 0 aliphatic heterocycles. The molecule has 15 heavy (non-hydrogen) atoms. The number of rotatable bonds is 4. The van der Waals surface area contributed by atoms with Crippen LogP contribution >= 0.6 is 0 Å². The lowest BCUT2D eigenvalue weighted by atomic mass is 10.3. The first-order valence-electron chi connectivity index (χ1n) is 4.14. The Labute approximate surface area is 89.1 Å². The molecule has 0 aliphatic rings. The summed E-state index contributed by atoms with van der Waals surface area (Å²) in [5, 5.41) is 0.886. The minimum Gasteiger partial charge on any atom is -0.497 e. The van der Waals surface area contributed by atoms with Gasteiger partial charge in [-0.15, -0.1) is 0 Å². The molecule has 0 unspecified atom stereocenters. The first-order chi connectivity index (χ1) is 7.05. The van der Waals surface area contributed by atoms with Gasteiger partial charge in [-0.05, 0) is 12.1 Å². The average Bonchev–Trinajstić information content (AvgIpc) is 2.28. The van der Waals surface area contributed by atoms with E-state index in [0.29, 0.717) is 5.75 Å². The van der Waals surface area contributed by atoms with Crippen molar-refractivity contribution in [3.8, 4) is 11.5 Å². The van der Waals surface area contributed by atoms with Crippen LogP contribution in [0.15, 0.2) is 35.1 Å².